The standard InChI is InChI=1S/C22H26FN3O3/c1-15(2)24-22(27)26(13-16-8-4-6-10-19(16)23)14-17-12-20(25-29-17)18-9-5-7-11-21(18)28-3/h4-11,15,17H,12-14H2,1-3H3,(H,24,27). The first-order valence-corrected chi connectivity index (χ1v) is 9.63. The Balaban J connectivity index is 1.71. The highest BCUT2D eigenvalue weighted by molar-refractivity contribution is 6.03. The van der Waals surface area contributed by atoms with E-state index in [1.807, 2.05) is 38.1 Å². The number of methoxy groups -OCH3 is 1. The fraction of sp³-hybridized carbons (Fsp3) is 0.364. The van der Waals surface area contributed by atoms with Gasteiger partial charge in [-0.15, -0.1) is 0 Å². The maximum atomic E-state index is 14.1. The van der Waals surface area contributed by atoms with E-state index in [0.29, 0.717) is 12.0 Å². The van der Waals surface area contributed by atoms with E-state index in [1.165, 1.54) is 6.07 Å². The molecule has 0 saturated heterocycles. The summed E-state index contributed by atoms with van der Waals surface area (Å²) in [5, 5.41) is 7.07. The van der Waals surface area contributed by atoms with Gasteiger partial charge in [0, 0.05) is 23.6 Å². The molecular formula is C22H26FN3O3. The van der Waals surface area contributed by atoms with Gasteiger partial charge in [0.1, 0.15) is 11.6 Å². The summed E-state index contributed by atoms with van der Waals surface area (Å²) in [6.07, 6.45) is 0.211. The quantitative estimate of drug-likeness (QED) is 0.767. The van der Waals surface area contributed by atoms with Crippen molar-refractivity contribution in [2.24, 2.45) is 5.16 Å². The SMILES string of the molecule is COc1ccccc1C1=NOC(CN(Cc2ccccc2F)C(=O)NC(C)C)C1. The Morgan fingerprint density at radius 1 is 1.28 bits per heavy atom. The maximum Gasteiger partial charge on any atom is 0.318 e. The van der Waals surface area contributed by atoms with E-state index in [2.05, 4.69) is 10.5 Å². The van der Waals surface area contributed by atoms with Crippen molar-refractivity contribution in [1.29, 1.82) is 0 Å². The molecule has 0 aromatic heterocycles. The third-order valence-electron chi connectivity index (χ3n) is 4.59. The number of amides is 2. The highest BCUT2D eigenvalue weighted by Gasteiger charge is 2.28. The Hall–Kier alpha value is -3.09. The smallest absolute Gasteiger partial charge is 0.318 e. The van der Waals surface area contributed by atoms with Crippen molar-refractivity contribution in [3.05, 3.63) is 65.5 Å². The van der Waals surface area contributed by atoms with Crippen LogP contribution in [0, 0.1) is 5.82 Å². The predicted octanol–water partition coefficient (Wildman–Crippen LogP) is 3.95. The van der Waals surface area contributed by atoms with E-state index in [0.717, 1.165) is 17.0 Å². The molecule has 0 bridgehead atoms. The van der Waals surface area contributed by atoms with Gasteiger partial charge in [0.05, 0.1) is 25.9 Å². The van der Waals surface area contributed by atoms with Crippen molar-refractivity contribution in [3.8, 4) is 5.75 Å². The second-order valence-electron chi connectivity index (χ2n) is 7.25. The highest BCUT2D eigenvalue weighted by atomic mass is 19.1. The van der Waals surface area contributed by atoms with Crippen molar-refractivity contribution in [2.75, 3.05) is 13.7 Å². The van der Waals surface area contributed by atoms with Gasteiger partial charge in [-0.05, 0) is 32.0 Å². The van der Waals surface area contributed by atoms with Gasteiger partial charge in [0.2, 0.25) is 0 Å². The summed E-state index contributed by atoms with van der Waals surface area (Å²) in [4.78, 5) is 19.8. The molecule has 1 N–H and O–H groups in total. The number of hydrogen-bond donors (Lipinski definition) is 1. The number of urea groups is 1. The van der Waals surface area contributed by atoms with Crippen LogP contribution in [0.1, 0.15) is 31.4 Å². The van der Waals surface area contributed by atoms with Crippen LogP contribution in [0.2, 0.25) is 0 Å². The Kier molecular flexibility index (Phi) is 6.69. The number of nitrogens with one attached hydrogen (secondary N) is 1. The van der Waals surface area contributed by atoms with Crippen molar-refractivity contribution in [3.63, 3.8) is 0 Å². The summed E-state index contributed by atoms with van der Waals surface area (Å²) in [5.41, 5.74) is 2.09. The lowest BCUT2D eigenvalue weighted by Gasteiger charge is -2.26. The fourth-order valence-electron chi connectivity index (χ4n) is 3.20. The summed E-state index contributed by atoms with van der Waals surface area (Å²) in [6.45, 7) is 4.20. The summed E-state index contributed by atoms with van der Waals surface area (Å²) >= 11 is 0. The molecule has 2 aromatic carbocycles. The zero-order valence-electron chi connectivity index (χ0n) is 16.9. The molecule has 3 rings (SSSR count). The molecule has 0 spiro atoms. The number of carbonyl (C=O) groups is 1. The van der Waals surface area contributed by atoms with E-state index < -0.39 is 0 Å². The van der Waals surface area contributed by atoms with E-state index >= 15 is 0 Å². The van der Waals surface area contributed by atoms with E-state index in [4.69, 9.17) is 9.57 Å². The van der Waals surface area contributed by atoms with Gasteiger partial charge in [0.25, 0.3) is 0 Å². The average Bonchev–Trinajstić information content (AvgIpc) is 3.17. The van der Waals surface area contributed by atoms with E-state index in [1.54, 1.807) is 30.2 Å². The van der Waals surface area contributed by atoms with Crippen LogP contribution in [0.3, 0.4) is 0 Å². The van der Waals surface area contributed by atoms with Gasteiger partial charge < -0.3 is 19.8 Å². The number of rotatable bonds is 7. The number of hydrogen-bond acceptors (Lipinski definition) is 4. The van der Waals surface area contributed by atoms with Crippen LogP contribution in [-0.2, 0) is 11.4 Å². The molecule has 154 valence electrons. The number of para-hydroxylation sites is 1. The number of ether oxygens (including phenoxy) is 1. The van der Waals surface area contributed by atoms with Gasteiger partial charge in [-0.25, -0.2) is 9.18 Å². The van der Waals surface area contributed by atoms with Crippen LogP contribution in [0.4, 0.5) is 9.18 Å². The Labute approximate surface area is 170 Å². The molecule has 7 heteroatoms. The van der Waals surface area contributed by atoms with E-state index in [9.17, 15) is 9.18 Å². The lowest BCUT2D eigenvalue weighted by atomic mass is 10.0. The number of oxime groups is 1. The summed E-state index contributed by atoms with van der Waals surface area (Å²) in [7, 11) is 1.61. The lowest BCUT2D eigenvalue weighted by molar-refractivity contribution is 0.0584. The molecule has 1 aliphatic rings. The Bertz CT molecular complexity index is 885. The predicted molar refractivity (Wildman–Crippen MR) is 109 cm³/mol. The van der Waals surface area contributed by atoms with Crippen molar-refractivity contribution in [2.45, 2.75) is 39.0 Å². The van der Waals surface area contributed by atoms with Crippen molar-refractivity contribution < 1.29 is 18.8 Å². The first-order chi connectivity index (χ1) is 14.0. The van der Waals surface area contributed by atoms with Gasteiger partial charge >= 0.3 is 6.03 Å². The van der Waals surface area contributed by atoms with Gasteiger partial charge in [0.15, 0.2) is 6.10 Å². The molecule has 6 nitrogen and oxygen atoms in total. The molecule has 0 saturated carbocycles. The molecule has 1 unspecified atom stereocenters. The fourth-order valence-corrected chi connectivity index (χ4v) is 3.20. The summed E-state index contributed by atoms with van der Waals surface area (Å²) in [6, 6.07) is 13.7. The van der Waals surface area contributed by atoms with Crippen LogP contribution < -0.4 is 10.1 Å². The molecule has 1 aliphatic heterocycles. The third-order valence-corrected chi connectivity index (χ3v) is 4.59. The minimum absolute atomic E-state index is 0.0319. The van der Waals surface area contributed by atoms with Gasteiger partial charge in [-0.1, -0.05) is 35.5 Å². The molecular weight excluding hydrogens is 373 g/mol. The van der Waals surface area contributed by atoms with Crippen LogP contribution in [0.15, 0.2) is 53.7 Å². The molecule has 2 aromatic rings. The van der Waals surface area contributed by atoms with Crippen LogP contribution >= 0.6 is 0 Å². The largest absolute Gasteiger partial charge is 0.496 e. The number of benzene rings is 2. The minimum Gasteiger partial charge on any atom is -0.496 e. The van der Waals surface area contributed by atoms with E-state index in [-0.39, 0.29) is 37.1 Å². The molecule has 29 heavy (non-hydrogen) atoms. The first-order valence-electron chi connectivity index (χ1n) is 9.63. The Morgan fingerprint density at radius 3 is 2.72 bits per heavy atom. The summed E-state index contributed by atoms with van der Waals surface area (Å²) in [5.74, 6) is 0.379. The Morgan fingerprint density at radius 2 is 2.00 bits per heavy atom. The zero-order valence-corrected chi connectivity index (χ0v) is 16.9. The average molecular weight is 399 g/mol. The van der Waals surface area contributed by atoms with Gasteiger partial charge in [-0.2, -0.15) is 0 Å². The second kappa shape index (κ2) is 9.41. The molecule has 2 amide bonds. The molecule has 0 aliphatic carbocycles. The van der Waals surface area contributed by atoms with Crippen molar-refractivity contribution >= 4 is 11.7 Å². The van der Waals surface area contributed by atoms with Crippen LogP contribution in [0.25, 0.3) is 0 Å². The second-order valence-corrected chi connectivity index (χ2v) is 7.25. The molecule has 0 radical (unpaired) electrons. The number of halogens is 1. The maximum absolute atomic E-state index is 14.1. The van der Waals surface area contributed by atoms with Gasteiger partial charge in [-0.3, -0.25) is 0 Å². The topological polar surface area (TPSA) is 63.2 Å². The lowest BCUT2D eigenvalue weighted by Crippen LogP contribution is -2.45. The highest BCUT2D eigenvalue weighted by Crippen LogP contribution is 2.25. The number of nitrogens with zero attached hydrogens (tertiary/aromatic N) is 2. The third kappa shape index (κ3) is 5.25. The minimum atomic E-state index is -0.340. The normalized spacial score (nSPS) is 15.6. The first kappa shape index (κ1) is 20.6. The summed E-state index contributed by atoms with van der Waals surface area (Å²) < 4.78 is 19.5. The van der Waals surface area contributed by atoms with Crippen LogP contribution in [-0.4, -0.2) is 42.4 Å². The van der Waals surface area contributed by atoms with Crippen molar-refractivity contribution in [1.82, 2.24) is 10.2 Å². The van der Waals surface area contributed by atoms with Crippen LogP contribution in [0.5, 0.6) is 5.75 Å². The molecule has 1 atom stereocenters. The monoisotopic (exact) mass is 399 g/mol. The molecule has 0 fully saturated rings. The molecule has 1 heterocycles. The zero-order chi connectivity index (χ0) is 20.8. The number of carbonyl (C=O) groups excluding carboxylic acids is 1.